The fourth-order valence-electron chi connectivity index (χ4n) is 9.72. The van der Waals surface area contributed by atoms with Gasteiger partial charge in [-0.15, -0.1) is 0 Å². The Labute approximate surface area is 214 Å². The molecular weight excluding hydrogens is 450 g/mol. The molecule has 3 saturated carbocycles. The van der Waals surface area contributed by atoms with Gasteiger partial charge in [-0.05, 0) is 76.1 Å². The molecule has 5 heteroatoms. The summed E-state index contributed by atoms with van der Waals surface area (Å²) in [4.78, 5) is 2.78. The first-order chi connectivity index (χ1) is 17.3. The average Bonchev–Trinajstić information content (AvgIpc) is 3.25. The number of hydrogen-bond donors (Lipinski definition) is 1. The zero-order valence-corrected chi connectivity index (χ0v) is 22.0. The van der Waals surface area contributed by atoms with Gasteiger partial charge < -0.3 is 19.3 Å². The number of ether oxygens (including phenoxy) is 3. The number of aliphatic hydroxyl groups is 1. The fraction of sp³-hybridized carbons (Fsp3) is 0.613. The highest BCUT2D eigenvalue weighted by atomic mass is 16.6. The van der Waals surface area contributed by atoms with Crippen LogP contribution in [-0.2, 0) is 23.0 Å². The minimum atomic E-state index is -0.850. The molecule has 5 nitrogen and oxygen atoms in total. The van der Waals surface area contributed by atoms with Crippen LogP contribution in [0.4, 0.5) is 0 Å². The van der Waals surface area contributed by atoms with Crippen LogP contribution in [0, 0.1) is 11.3 Å². The lowest BCUT2D eigenvalue weighted by molar-refractivity contribution is -0.300. The first kappa shape index (κ1) is 23.1. The Morgan fingerprint density at radius 2 is 1.89 bits per heavy atom. The zero-order chi connectivity index (χ0) is 24.9. The predicted octanol–water partition coefficient (Wildman–Crippen LogP) is 4.52. The molecule has 0 aromatic heterocycles. The molecule has 2 spiro atoms. The van der Waals surface area contributed by atoms with E-state index >= 15 is 0 Å². The maximum Gasteiger partial charge on any atom is 0.165 e. The van der Waals surface area contributed by atoms with Crippen molar-refractivity contribution in [3.63, 3.8) is 0 Å². The van der Waals surface area contributed by atoms with Crippen LogP contribution in [0.3, 0.4) is 0 Å². The molecule has 1 saturated heterocycles. The van der Waals surface area contributed by atoms with Crippen molar-refractivity contribution in [2.24, 2.45) is 11.3 Å². The molecule has 192 valence electrons. The second-order valence-electron chi connectivity index (χ2n) is 12.6. The van der Waals surface area contributed by atoms with Crippen molar-refractivity contribution in [3.05, 3.63) is 59.2 Å². The zero-order valence-electron chi connectivity index (χ0n) is 22.0. The Morgan fingerprint density at radius 1 is 1.08 bits per heavy atom. The van der Waals surface area contributed by atoms with E-state index in [1.54, 1.807) is 7.11 Å². The summed E-state index contributed by atoms with van der Waals surface area (Å²) in [5.74, 6) is 1.80. The molecule has 4 aliphatic carbocycles. The van der Waals surface area contributed by atoms with Gasteiger partial charge in [0.05, 0.1) is 12.7 Å². The molecule has 2 aliphatic heterocycles. The van der Waals surface area contributed by atoms with Crippen molar-refractivity contribution in [2.75, 3.05) is 27.3 Å². The smallest absolute Gasteiger partial charge is 0.165 e. The summed E-state index contributed by atoms with van der Waals surface area (Å²) in [6.07, 6.45) is 6.11. The Bertz CT molecular complexity index is 1190. The summed E-state index contributed by atoms with van der Waals surface area (Å²) in [5, 5.41) is 11.5. The maximum absolute atomic E-state index is 11.5. The van der Waals surface area contributed by atoms with Gasteiger partial charge in [0, 0.05) is 42.0 Å². The monoisotopic (exact) mass is 489 g/mol. The molecule has 0 amide bonds. The largest absolute Gasteiger partial charge is 0.493 e. The van der Waals surface area contributed by atoms with Crippen molar-refractivity contribution in [1.82, 2.24) is 4.90 Å². The SMILES string of the molecule is COc1ccc2c3c1O[C@H]1[C@@]4(OC)CC[C@@]5(C[C@H]4C(C)(C)O)[C@@H](C2)N(CCc2ccccc2)CC[C@]315. The molecule has 6 atom stereocenters. The van der Waals surface area contributed by atoms with Gasteiger partial charge in [0.2, 0.25) is 0 Å². The van der Waals surface area contributed by atoms with Gasteiger partial charge in [-0.1, -0.05) is 36.4 Å². The van der Waals surface area contributed by atoms with Crippen molar-refractivity contribution >= 4 is 0 Å². The number of benzene rings is 2. The average molecular weight is 490 g/mol. The van der Waals surface area contributed by atoms with Crippen molar-refractivity contribution in [3.8, 4) is 11.5 Å². The number of nitrogens with zero attached hydrogens (tertiary/aromatic N) is 1. The Balaban J connectivity index is 1.39. The molecule has 36 heavy (non-hydrogen) atoms. The second-order valence-corrected chi connectivity index (χ2v) is 12.6. The number of fused-ring (bicyclic) bond motifs is 2. The first-order valence-corrected chi connectivity index (χ1v) is 13.7. The molecule has 0 unspecified atom stereocenters. The summed E-state index contributed by atoms with van der Waals surface area (Å²) in [7, 11) is 3.59. The first-order valence-electron chi connectivity index (χ1n) is 13.7. The molecule has 1 N–H and O–H groups in total. The van der Waals surface area contributed by atoms with Gasteiger partial charge in [0.1, 0.15) is 11.7 Å². The van der Waals surface area contributed by atoms with E-state index in [4.69, 9.17) is 14.2 Å². The molecule has 4 fully saturated rings. The molecule has 2 heterocycles. The third-order valence-electron chi connectivity index (χ3n) is 11.1. The summed E-state index contributed by atoms with van der Waals surface area (Å²) in [6.45, 7) is 6.09. The number of rotatable bonds is 6. The number of piperidine rings is 1. The second kappa shape index (κ2) is 7.49. The van der Waals surface area contributed by atoms with Gasteiger partial charge >= 0.3 is 0 Å². The number of hydrogen-bond acceptors (Lipinski definition) is 5. The van der Waals surface area contributed by atoms with Gasteiger partial charge in [-0.3, -0.25) is 4.90 Å². The van der Waals surface area contributed by atoms with Crippen LogP contribution in [0.1, 0.15) is 56.2 Å². The number of likely N-dealkylation sites (tertiary alicyclic amines) is 1. The van der Waals surface area contributed by atoms with Crippen LogP contribution in [0.2, 0.25) is 0 Å². The van der Waals surface area contributed by atoms with Crippen LogP contribution < -0.4 is 9.47 Å². The summed E-state index contributed by atoms with van der Waals surface area (Å²) < 4.78 is 19.4. The van der Waals surface area contributed by atoms with Crippen molar-refractivity contribution < 1.29 is 19.3 Å². The van der Waals surface area contributed by atoms with Crippen LogP contribution in [0.15, 0.2) is 42.5 Å². The molecule has 6 aliphatic rings. The van der Waals surface area contributed by atoms with E-state index < -0.39 is 11.2 Å². The summed E-state index contributed by atoms with van der Waals surface area (Å²) in [6, 6.07) is 15.7. The third kappa shape index (κ3) is 2.62. The molecule has 2 aromatic rings. The van der Waals surface area contributed by atoms with Gasteiger partial charge in [-0.2, -0.15) is 0 Å². The van der Waals surface area contributed by atoms with E-state index in [-0.39, 0.29) is 22.9 Å². The van der Waals surface area contributed by atoms with Crippen molar-refractivity contribution in [2.45, 2.75) is 81.1 Å². The van der Waals surface area contributed by atoms with Gasteiger partial charge in [0.25, 0.3) is 0 Å². The van der Waals surface area contributed by atoms with Crippen LogP contribution in [0.5, 0.6) is 11.5 Å². The molecule has 2 aromatic carbocycles. The lowest BCUT2D eigenvalue weighted by atomic mass is 9.34. The highest BCUT2D eigenvalue weighted by Gasteiger charge is 2.81. The predicted molar refractivity (Wildman–Crippen MR) is 139 cm³/mol. The van der Waals surface area contributed by atoms with E-state index in [0.717, 1.165) is 63.1 Å². The van der Waals surface area contributed by atoms with Crippen molar-refractivity contribution in [1.29, 1.82) is 0 Å². The molecular formula is C31H39NO4. The highest BCUT2D eigenvalue weighted by Crippen LogP contribution is 2.77. The summed E-state index contributed by atoms with van der Waals surface area (Å²) >= 11 is 0. The summed E-state index contributed by atoms with van der Waals surface area (Å²) in [5.41, 5.74) is 2.84. The Morgan fingerprint density at radius 3 is 2.61 bits per heavy atom. The minimum Gasteiger partial charge on any atom is -0.493 e. The van der Waals surface area contributed by atoms with Crippen LogP contribution >= 0.6 is 0 Å². The highest BCUT2D eigenvalue weighted by molar-refractivity contribution is 5.63. The Kier molecular flexibility index (Phi) is 4.80. The Hall–Kier alpha value is -2.08. The fourth-order valence-corrected chi connectivity index (χ4v) is 9.72. The van der Waals surface area contributed by atoms with Gasteiger partial charge in [0.15, 0.2) is 11.5 Å². The van der Waals surface area contributed by atoms with Gasteiger partial charge in [-0.25, -0.2) is 0 Å². The molecule has 4 bridgehead atoms. The van der Waals surface area contributed by atoms with Crippen LogP contribution in [0.25, 0.3) is 0 Å². The van der Waals surface area contributed by atoms with E-state index in [1.165, 1.54) is 16.7 Å². The van der Waals surface area contributed by atoms with E-state index in [0.29, 0.717) is 6.04 Å². The lowest BCUT2D eigenvalue weighted by Crippen LogP contribution is -2.82. The third-order valence-corrected chi connectivity index (χ3v) is 11.1. The van der Waals surface area contributed by atoms with E-state index in [9.17, 15) is 5.11 Å². The van der Waals surface area contributed by atoms with E-state index in [1.807, 2.05) is 21.0 Å². The minimum absolute atomic E-state index is 0.0142. The topological polar surface area (TPSA) is 51.2 Å². The molecule has 0 radical (unpaired) electrons. The van der Waals surface area contributed by atoms with E-state index in [2.05, 4.69) is 47.4 Å². The maximum atomic E-state index is 11.5. The van der Waals surface area contributed by atoms with Crippen LogP contribution in [-0.4, -0.2) is 60.7 Å². The quantitative estimate of drug-likeness (QED) is 0.647. The standard InChI is InChI=1S/C31H39NO4/c1-28(2,33)23-19-29-13-14-31(23,35-4)27-30(29)15-17-32(16-12-20-8-6-5-7-9-20)24(29)18-21-10-11-22(34-3)26(36-27)25(21)30/h5-11,23-24,27,33H,12-19H2,1-4H3/t23-,24+,27+,29+,30-,31+/m0/s1. The lowest BCUT2D eigenvalue weighted by Gasteiger charge is -2.74. The molecule has 8 rings (SSSR count). The normalized spacial score (nSPS) is 38.0. The number of methoxy groups -OCH3 is 2.